The monoisotopic (exact) mass is 307 g/mol. The molecule has 0 radical (unpaired) electrons. The lowest BCUT2D eigenvalue weighted by Gasteiger charge is -2.10. The predicted octanol–water partition coefficient (Wildman–Crippen LogP) is 3.24. The van der Waals surface area contributed by atoms with Gasteiger partial charge >= 0.3 is 0 Å². The molecule has 1 N–H and O–H groups in total. The van der Waals surface area contributed by atoms with E-state index in [1.165, 1.54) is 0 Å². The number of nitrogens with one attached hydrogen (secondary N) is 1. The van der Waals surface area contributed by atoms with Gasteiger partial charge in [-0.1, -0.05) is 35.8 Å². The summed E-state index contributed by atoms with van der Waals surface area (Å²) < 4.78 is 5.16. The maximum Gasteiger partial charge on any atom is 0.227 e. The maximum atomic E-state index is 11.7. The number of carbonyl (C=O) groups excluding carboxylic acids is 1. The van der Waals surface area contributed by atoms with E-state index in [0.717, 1.165) is 12.0 Å². The van der Waals surface area contributed by atoms with Gasteiger partial charge in [0.2, 0.25) is 17.6 Å². The molecule has 2 rings (SSSR count). The third-order valence-electron chi connectivity index (χ3n) is 3.14. The first-order chi connectivity index (χ1) is 10.1. The first-order valence-corrected chi connectivity index (χ1v) is 7.34. The summed E-state index contributed by atoms with van der Waals surface area (Å²) in [5.41, 5.74) is 0.793. The van der Waals surface area contributed by atoms with Crippen molar-refractivity contribution < 1.29 is 9.32 Å². The Labute approximate surface area is 128 Å². The second-order valence-electron chi connectivity index (χ2n) is 4.90. The fourth-order valence-corrected chi connectivity index (χ4v) is 1.96. The summed E-state index contributed by atoms with van der Waals surface area (Å²) >= 11 is 5.93. The normalized spacial score (nSPS) is 12.1. The van der Waals surface area contributed by atoms with E-state index in [0.29, 0.717) is 29.6 Å². The Morgan fingerprint density at radius 2 is 2.29 bits per heavy atom. The van der Waals surface area contributed by atoms with Gasteiger partial charge in [-0.05, 0) is 25.5 Å². The number of benzene rings is 1. The summed E-state index contributed by atoms with van der Waals surface area (Å²) in [6.07, 6.45) is 1.67. The van der Waals surface area contributed by atoms with Crippen molar-refractivity contribution in [2.45, 2.75) is 39.2 Å². The fraction of sp³-hybridized carbons (Fsp3) is 0.400. The Balaban J connectivity index is 1.93. The first-order valence-electron chi connectivity index (χ1n) is 6.96. The van der Waals surface area contributed by atoms with Gasteiger partial charge in [0.15, 0.2) is 0 Å². The molecule has 112 valence electrons. The van der Waals surface area contributed by atoms with Crippen LogP contribution >= 0.6 is 11.6 Å². The Kier molecular flexibility index (Phi) is 5.33. The molecule has 1 aromatic carbocycles. The van der Waals surface area contributed by atoms with E-state index in [-0.39, 0.29) is 11.9 Å². The standard InChI is InChI=1S/C15H18ClN3O2/c1-3-10(2)17-13(20)7-8-14-18-15(19-21-14)11-5-4-6-12(16)9-11/h4-6,9-10H,3,7-8H2,1-2H3,(H,17,20)/t10-/m0/s1. The van der Waals surface area contributed by atoms with Crippen LogP contribution in [0.25, 0.3) is 11.4 Å². The van der Waals surface area contributed by atoms with E-state index in [2.05, 4.69) is 15.5 Å². The van der Waals surface area contributed by atoms with E-state index in [1.54, 1.807) is 12.1 Å². The molecule has 2 aromatic rings. The van der Waals surface area contributed by atoms with Crippen LogP contribution in [0.1, 0.15) is 32.6 Å². The third kappa shape index (κ3) is 4.56. The third-order valence-corrected chi connectivity index (χ3v) is 3.37. The largest absolute Gasteiger partial charge is 0.354 e. The van der Waals surface area contributed by atoms with Crippen molar-refractivity contribution in [3.05, 3.63) is 35.2 Å². The van der Waals surface area contributed by atoms with Gasteiger partial charge in [0, 0.05) is 29.5 Å². The van der Waals surface area contributed by atoms with Crippen LogP contribution < -0.4 is 5.32 Å². The van der Waals surface area contributed by atoms with Crippen molar-refractivity contribution in [3.63, 3.8) is 0 Å². The summed E-state index contributed by atoms with van der Waals surface area (Å²) in [6.45, 7) is 4.00. The van der Waals surface area contributed by atoms with Crippen molar-refractivity contribution in [1.82, 2.24) is 15.5 Å². The van der Waals surface area contributed by atoms with Gasteiger partial charge in [-0.2, -0.15) is 4.98 Å². The molecule has 1 atom stereocenters. The topological polar surface area (TPSA) is 68.0 Å². The van der Waals surface area contributed by atoms with E-state index in [9.17, 15) is 4.79 Å². The van der Waals surface area contributed by atoms with Gasteiger partial charge in [-0.25, -0.2) is 0 Å². The van der Waals surface area contributed by atoms with Gasteiger partial charge in [0.1, 0.15) is 0 Å². The highest BCUT2D eigenvalue weighted by Gasteiger charge is 2.11. The summed E-state index contributed by atoms with van der Waals surface area (Å²) in [4.78, 5) is 16.0. The molecule has 21 heavy (non-hydrogen) atoms. The molecular weight excluding hydrogens is 290 g/mol. The van der Waals surface area contributed by atoms with Crippen LogP contribution in [0, 0.1) is 0 Å². The molecule has 0 saturated heterocycles. The smallest absolute Gasteiger partial charge is 0.227 e. The molecule has 5 nitrogen and oxygen atoms in total. The lowest BCUT2D eigenvalue weighted by molar-refractivity contribution is -0.121. The van der Waals surface area contributed by atoms with Gasteiger partial charge < -0.3 is 9.84 Å². The summed E-state index contributed by atoms with van der Waals surface area (Å²) in [5, 5.41) is 7.42. The highest BCUT2D eigenvalue weighted by Crippen LogP contribution is 2.20. The van der Waals surface area contributed by atoms with Crippen molar-refractivity contribution in [3.8, 4) is 11.4 Å². The average molecular weight is 308 g/mol. The van der Waals surface area contributed by atoms with Crippen LogP contribution in [0.15, 0.2) is 28.8 Å². The van der Waals surface area contributed by atoms with E-state index in [4.69, 9.17) is 16.1 Å². The highest BCUT2D eigenvalue weighted by molar-refractivity contribution is 6.30. The number of carbonyl (C=O) groups is 1. The second kappa shape index (κ2) is 7.22. The number of rotatable bonds is 6. The van der Waals surface area contributed by atoms with Gasteiger partial charge in [-0.3, -0.25) is 4.79 Å². The molecule has 0 unspecified atom stereocenters. The predicted molar refractivity (Wildman–Crippen MR) is 81.0 cm³/mol. The van der Waals surface area contributed by atoms with E-state index in [1.807, 2.05) is 26.0 Å². The summed E-state index contributed by atoms with van der Waals surface area (Å²) in [5.74, 6) is 0.922. The Bertz CT molecular complexity index is 612. The lowest BCUT2D eigenvalue weighted by Crippen LogP contribution is -2.32. The van der Waals surface area contributed by atoms with Crippen LogP contribution in [0.3, 0.4) is 0 Å². The summed E-state index contributed by atoms with van der Waals surface area (Å²) in [6, 6.07) is 7.42. The van der Waals surface area contributed by atoms with Crippen LogP contribution in [0.5, 0.6) is 0 Å². The number of hydrogen-bond acceptors (Lipinski definition) is 4. The van der Waals surface area contributed by atoms with Gasteiger partial charge in [0.25, 0.3) is 0 Å². The second-order valence-corrected chi connectivity index (χ2v) is 5.34. The zero-order valence-corrected chi connectivity index (χ0v) is 12.9. The molecule has 0 aliphatic carbocycles. The van der Waals surface area contributed by atoms with Crippen LogP contribution in [-0.2, 0) is 11.2 Å². The van der Waals surface area contributed by atoms with E-state index >= 15 is 0 Å². The number of halogens is 1. The molecule has 0 aliphatic rings. The number of nitrogens with zero attached hydrogens (tertiary/aromatic N) is 2. The van der Waals surface area contributed by atoms with Crippen molar-refractivity contribution in [2.24, 2.45) is 0 Å². The molecule has 6 heteroatoms. The molecule has 0 aliphatic heterocycles. The Morgan fingerprint density at radius 1 is 1.48 bits per heavy atom. The summed E-state index contributed by atoms with van der Waals surface area (Å²) in [7, 11) is 0. The molecule has 1 amide bonds. The molecule has 0 spiro atoms. The van der Waals surface area contributed by atoms with Gasteiger partial charge in [0.05, 0.1) is 0 Å². The molecule has 1 heterocycles. The Morgan fingerprint density at radius 3 is 3.00 bits per heavy atom. The van der Waals surface area contributed by atoms with Crippen molar-refractivity contribution >= 4 is 17.5 Å². The SMILES string of the molecule is CC[C@H](C)NC(=O)CCc1nc(-c2cccc(Cl)c2)no1. The van der Waals surface area contributed by atoms with Crippen LogP contribution in [-0.4, -0.2) is 22.1 Å². The molecule has 0 saturated carbocycles. The van der Waals surface area contributed by atoms with Crippen LogP contribution in [0.4, 0.5) is 0 Å². The Hall–Kier alpha value is -1.88. The first kappa shape index (κ1) is 15.5. The minimum atomic E-state index is -0.00754. The zero-order valence-electron chi connectivity index (χ0n) is 12.1. The van der Waals surface area contributed by atoms with Crippen molar-refractivity contribution in [2.75, 3.05) is 0 Å². The number of hydrogen-bond donors (Lipinski definition) is 1. The van der Waals surface area contributed by atoms with Crippen molar-refractivity contribution in [1.29, 1.82) is 0 Å². The van der Waals surface area contributed by atoms with E-state index < -0.39 is 0 Å². The maximum absolute atomic E-state index is 11.7. The molecule has 1 aromatic heterocycles. The fourth-order valence-electron chi connectivity index (χ4n) is 1.77. The number of aryl methyl sites for hydroxylation is 1. The zero-order chi connectivity index (χ0) is 15.2. The lowest BCUT2D eigenvalue weighted by atomic mass is 10.2. The molecule has 0 fully saturated rings. The average Bonchev–Trinajstić information content (AvgIpc) is 2.94. The number of amides is 1. The number of aromatic nitrogens is 2. The minimum Gasteiger partial charge on any atom is -0.354 e. The highest BCUT2D eigenvalue weighted by atomic mass is 35.5. The minimum absolute atomic E-state index is 0.00754. The quantitative estimate of drug-likeness (QED) is 0.889. The molecular formula is C15H18ClN3O2. The van der Waals surface area contributed by atoms with Gasteiger partial charge in [-0.15, -0.1) is 0 Å². The van der Waals surface area contributed by atoms with Crippen LogP contribution in [0.2, 0.25) is 5.02 Å². The molecule has 0 bridgehead atoms.